The Labute approximate surface area is 87.0 Å². The van der Waals surface area contributed by atoms with Crippen molar-refractivity contribution in [3.05, 3.63) is 30.8 Å². The van der Waals surface area contributed by atoms with E-state index in [0.717, 1.165) is 0 Å². The van der Waals surface area contributed by atoms with Crippen molar-refractivity contribution in [1.82, 2.24) is 0 Å². The number of nitrogens with zero attached hydrogens (tertiary/aromatic N) is 1. The zero-order valence-electron chi connectivity index (χ0n) is 5.75. The highest BCUT2D eigenvalue weighted by atomic mass is 127. The molecule has 0 aliphatic carbocycles. The van der Waals surface area contributed by atoms with E-state index >= 15 is 0 Å². The van der Waals surface area contributed by atoms with Crippen LogP contribution in [-0.2, 0) is 0 Å². The number of hydrogen-bond donors (Lipinski definition) is 1. The Morgan fingerprint density at radius 3 is 2.58 bits per heavy atom. The molecule has 0 fully saturated rings. The Hall–Kier alpha value is -0.560. The number of nitrogen functional groups attached to an aromatic ring is 1. The van der Waals surface area contributed by atoms with Crippen molar-refractivity contribution in [3.8, 4) is 0 Å². The third-order valence-electron chi connectivity index (χ3n) is 1.27. The molecule has 0 radical (unpaired) electrons. The minimum absolute atomic E-state index is 0.0430. The quantitative estimate of drug-likeness (QED) is 0.375. The van der Waals surface area contributed by atoms with Crippen molar-refractivity contribution in [2.45, 2.75) is 0 Å². The van der Waals surface area contributed by atoms with Crippen LogP contribution in [0.3, 0.4) is 0 Å². The summed E-state index contributed by atoms with van der Waals surface area (Å²) in [6.07, 6.45) is 0. The largest absolute Gasteiger partial charge is 0.397 e. The van der Waals surface area contributed by atoms with E-state index in [-0.39, 0.29) is 10.7 Å². The molecular formula is C6H4ClIN2O2. The van der Waals surface area contributed by atoms with E-state index < -0.39 is 4.92 Å². The first kappa shape index (κ1) is 9.53. The molecule has 0 heterocycles. The maximum Gasteiger partial charge on any atom is 0.272 e. The lowest BCUT2D eigenvalue weighted by atomic mass is 10.3. The summed E-state index contributed by atoms with van der Waals surface area (Å²) in [6.45, 7) is 0. The van der Waals surface area contributed by atoms with Crippen molar-refractivity contribution >= 4 is 45.6 Å². The first-order chi connectivity index (χ1) is 5.52. The molecule has 0 bridgehead atoms. The Bertz CT molecular complexity index is 319. The lowest BCUT2D eigenvalue weighted by molar-refractivity contribution is -0.384. The molecule has 1 aromatic rings. The fourth-order valence-corrected chi connectivity index (χ4v) is 1.66. The van der Waals surface area contributed by atoms with Gasteiger partial charge in [0.15, 0.2) is 0 Å². The lowest BCUT2D eigenvalue weighted by Gasteiger charge is -1.99. The number of halogens is 2. The van der Waals surface area contributed by atoms with Crippen molar-refractivity contribution < 1.29 is 4.92 Å². The van der Waals surface area contributed by atoms with E-state index in [1.54, 1.807) is 0 Å². The molecule has 0 aromatic heterocycles. The number of nitrogens with two attached hydrogens (primary N) is 1. The van der Waals surface area contributed by atoms with E-state index in [9.17, 15) is 10.1 Å². The average Bonchev–Trinajstić information content (AvgIpc) is 1.99. The second-order valence-corrected chi connectivity index (χ2v) is 3.65. The van der Waals surface area contributed by atoms with Crippen LogP contribution in [0.15, 0.2) is 12.1 Å². The van der Waals surface area contributed by atoms with Crippen LogP contribution in [0.25, 0.3) is 0 Å². The predicted molar refractivity (Wildman–Crippen MR) is 55.2 cm³/mol. The number of rotatable bonds is 1. The first-order valence-electron chi connectivity index (χ1n) is 2.91. The van der Waals surface area contributed by atoms with Gasteiger partial charge in [-0.3, -0.25) is 10.1 Å². The van der Waals surface area contributed by atoms with Crippen LogP contribution < -0.4 is 5.73 Å². The number of hydrogen-bond acceptors (Lipinski definition) is 3. The molecule has 0 atom stereocenters. The van der Waals surface area contributed by atoms with Crippen molar-refractivity contribution in [2.24, 2.45) is 0 Å². The molecular weight excluding hydrogens is 294 g/mol. The Morgan fingerprint density at radius 2 is 2.17 bits per heavy atom. The summed E-state index contributed by atoms with van der Waals surface area (Å²) in [6, 6.07) is 2.61. The number of nitro groups is 1. The summed E-state index contributed by atoms with van der Waals surface area (Å²) in [7, 11) is 0. The van der Waals surface area contributed by atoms with E-state index in [1.165, 1.54) is 12.1 Å². The second kappa shape index (κ2) is 3.44. The topological polar surface area (TPSA) is 69.2 Å². The highest BCUT2D eigenvalue weighted by Crippen LogP contribution is 2.29. The van der Waals surface area contributed by atoms with Gasteiger partial charge in [-0.05, 0) is 22.6 Å². The molecule has 2 N–H and O–H groups in total. The fourth-order valence-electron chi connectivity index (χ4n) is 0.676. The molecule has 0 saturated heterocycles. The van der Waals surface area contributed by atoms with Gasteiger partial charge in [0, 0.05) is 15.7 Å². The zero-order chi connectivity index (χ0) is 9.30. The van der Waals surface area contributed by atoms with E-state index in [2.05, 4.69) is 0 Å². The standard InChI is InChI=1S/C6H4ClIN2O2/c7-4-1-3(10(11)12)2-5(8)6(4)9/h1-2H,9H2. The number of nitro benzene ring substituents is 1. The highest BCUT2D eigenvalue weighted by Gasteiger charge is 2.11. The third kappa shape index (κ3) is 1.78. The van der Waals surface area contributed by atoms with Crippen molar-refractivity contribution in [2.75, 3.05) is 5.73 Å². The van der Waals surface area contributed by atoms with Crippen LogP contribution in [0.2, 0.25) is 5.02 Å². The van der Waals surface area contributed by atoms with Gasteiger partial charge in [-0.15, -0.1) is 0 Å². The maximum absolute atomic E-state index is 10.3. The number of anilines is 1. The summed E-state index contributed by atoms with van der Waals surface area (Å²) in [5.74, 6) is 0. The highest BCUT2D eigenvalue weighted by molar-refractivity contribution is 14.1. The van der Waals surface area contributed by atoms with Crippen LogP contribution in [0.4, 0.5) is 11.4 Å². The Kier molecular flexibility index (Phi) is 2.73. The molecule has 0 aliphatic heterocycles. The van der Waals surface area contributed by atoms with Crippen LogP contribution in [0.5, 0.6) is 0 Å². The van der Waals surface area contributed by atoms with Crippen LogP contribution in [0.1, 0.15) is 0 Å². The SMILES string of the molecule is Nc1c(Cl)cc([N+](=O)[O-])cc1I. The van der Waals surface area contributed by atoms with E-state index in [4.69, 9.17) is 17.3 Å². The predicted octanol–water partition coefficient (Wildman–Crippen LogP) is 2.44. The van der Waals surface area contributed by atoms with Gasteiger partial charge in [0.05, 0.1) is 15.6 Å². The minimum Gasteiger partial charge on any atom is -0.397 e. The number of non-ortho nitro benzene ring substituents is 1. The molecule has 0 unspecified atom stereocenters. The molecule has 6 heteroatoms. The van der Waals surface area contributed by atoms with Crippen molar-refractivity contribution in [3.63, 3.8) is 0 Å². The van der Waals surface area contributed by atoms with E-state index in [1.807, 2.05) is 22.6 Å². The molecule has 0 spiro atoms. The van der Waals surface area contributed by atoms with E-state index in [0.29, 0.717) is 9.26 Å². The summed E-state index contributed by atoms with van der Waals surface area (Å²) in [5, 5.41) is 10.5. The molecule has 64 valence electrons. The molecule has 1 rings (SSSR count). The van der Waals surface area contributed by atoms with Gasteiger partial charge in [0.1, 0.15) is 0 Å². The molecule has 0 saturated carbocycles. The molecule has 0 amide bonds. The van der Waals surface area contributed by atoms with Gasteiger partial charge in [-0.1, -0.05) is 11.6 Å². The monoisotopic (exact) mass is 298 g/mol. The van der Waals surface area contributed by atoms with Gasteiger partial charge in [-0.2, -0.15) is 0 Å². The Morgan fingerprint density at radius 1 is 1.58 bits per heavy atom. The summed E-state index contributed by atoms with van der Waals surface area (Å²) in [4.78, 5) is 9.81. The maximum atomic E-state index is 10.3. The summed E-state index contributed by atoms with van der Waals surface area (Å²) in [5.41, 5.74) is 5.82. The summed E-state index contributed by atoms with van der Waals surface area (Å²) < 4.78 is 0.590. The lowest BCUT2D eigenvalue weighted by Crippen LogP contribution is -1.94. The molecule has 1 aromatic carbocycles. The van der Waals surface area contributed by atoms with Gasteiger partial charge < -0.3 is 5.73 Å². The average molecular weight is 298 g/mol. The normalized spacial score (nSPS) is 9.83. The minimum atomic E-state index is -0.506. The number of benzene rings is 1. The molecule has 4 nitrogen and oxygen atoms in total. The first-order valence-corrected chi connectivity index (χ1v) is 4.37. The molecule has 12 heavy (non-hydrogen) atoms. The third-order valence-corrected chi connectivity index (χ3v) is 2.48. The second-order valence-electron chi connectivity index (χ2n) is 2.08. The smallest absolute Gasteiger partial charge is 0.272 e. The Balaban J connectivity index is 3.31. The van der Waals surface area contributed by atoms with Gasteiger partial charge in [-0.25, -0.2) is 0 Å². The van der Waals surface area contributed by atoms with Crippen LogP contribution in [-0.4, -0.2) is 4.92 Å². The fraction of sp³-hybridized carbons (Fsp3) is 0. The van der Waals surface area contributed by atoms with Gasteiger partial charge in [0.25, 0.3) is 5.69 Å². The molecule has 0 aliphatic rings. The van der Waals surface area contributed by atoms with Gasteiger partial charge >= 0.3 is 0 Å². The summed E-state index contributed by atoms with van der Waals surface area (Å²) >= 11 is 7.52. The van der Waals surface area contributed by atoms with Crippen molar-refractivity contribution in [1.29, 1.82) is 0 Å². The van der Waals surface area contributed by atoms with Crippen LogP contribution in [0, 0.1) is 13.7 Å². The zero-order valence-corrected chi connectivity index (χ0v) is 8.67. The van der Waals surface area contributed by atoms with Crippen LogP contribution >= 0.6 is 34.2 Å². The van der Waals surface area contributed by atoms with Gasteiger partial charge in [0.2, 0.25) is 0 Å².